The number of benzene rings is 1. The molecule has 0 radical (unpaired) electrons. The van der Waals surface area contributed by atoms with E-state index in [0.717, 1.165) is 30.5 Å². The van der Waals surface area contributed by atoms with Gasteiger partial charge in [0, 0.05) is 19.6 Å². The summed E-state index contributed by atoms with van der Waals surface area (Å²) in [5, 5.41) is 3.25. The Morgan fingerprint density at radius 3 is 2.33 bits per heavy atom. The third-order valence-corrected chi connectivity index (χ3v) is 5.93. The zero-order chi connectivity index (χ0) is 16.0. The van der Waals surface area contributed by atoms with E-state index in [0.29, 0.717) is 11.4 Å². The average molecular weight is 312 g/mol. The van der Waals surface area contributed by atoms with Crippen LogP contribution in [-0.2, 0) is 16.6 Å². The van der Waals surface area contributed by atoms with Crippen LogP contribution in [0.3, 0.4) is 0 Å². The molecule has 1 N–H and O–H groups in total. The number of hydrogen-bond donors (Lipinski definition) is 1. The second-order valence-electron chi connectivity index (χ2n) is 5.36. The molecule has 4 nitrogen and oxygen atoms in total. The lowest BCUT2D eigenvalue weighted by molar-refractivity contribution is 0.349. The fourth-order valence-electron chi connectivity index (χ4n) is 2.42. The van der Waals surface area contributed by atoms with Crippen molar-refractivity contribution in [1.82, 2.24) is 9.62 Å². The van der Waals surface area contributed by atoms with E-state index in [1.165, 1.54) is 4.31 Å². The molecule has 0 aliphatic carbocycles. The lowest BCUT2D eigenvalue weighted by atomic mass is 10.1. The molecule has 120 valence electrons. The summed E-state index contributed by atoms with van der Waals surface area (Å²) in [5.74, 6) is 0. The van der Waals surface area contributed by atoms with E-state index in [9.17, 15) is 8.42 Å². The van der Waals surface area contributed by atoms with Crippen LogP contribution in [0.1, 0.15) is 44.7 Å². The van der Waals surface area contributed by atoms with Gasteiger partial charge >= 0.3 is 0 Å². The molecular weight excluding hydrogens is 284 g/mol. The molecule has 0 amide bonds. The monoisotopic (exact) mass is 312 g/mol. The molecule has 1 rings (SSSR count). The summed E-state index contributed by atoms with van der Waals surface area (Å²) in [7, 11) is -1.74. The van der Waals surface area contributed by atoms with Crippen molar-refractivity contribution in [3.8, 4) is 0 Å². The summed E-state index contributed by atoms with van der Waals surface area (Å²) in [6.07, 6.45) is 1.64. The normalized spacial score (nSPS) is 12.3. The van der Waals surface area contributed by atoms with Crippen LogP contribution in [0.4, 0.5) is 0 Å². The molecule has 0 bridgehead atoms. The number of hydrogen-bond acceptors (Lipinski definition) is 3. The van der Waals surface area contributed by atoms with Gasteiger partial charge in [-0.1, -0.05) is 26.8 Å². The standard InChI is InChI=1S/C16H28N2O2S/c1-6-15(7-2)18(5)21(19,20)16-10-9-13(4)14(11-16)12-17-8-3/h9-11,15,17H,6-8,12H2,1-5H3. The minimum atomic E-state index is -3.42. The van der Waals surface area contributed by atoms with E-state index >= 15 is 0 Å². The predicted molar refractivity (Wildman–Crippen MR) is 87.9 cm³/mol. The highest BCUT2D eigenvalue weighted by Crippen LogP contribution is 2.22. The van der Waals surface area contributed by atoms with Crippen molar-refractivity contribution >= 4 is 10.0 Å². The van der Waals surface area contributed by atoms with Gasteiger partial charge in [-0.25, -0.2) is 8.42 Å². The fourth-order valence-corrected chi connectivity index (χ4v) is 3.98. The van der Waals surface area contributed by atoms with Gasteiger partial charge in [-0.15, -0.1) is 0 Å². The van der Waals surface area contributed by atoms with Crippen molar-refractivity contribution in [3.63, 3.8) is 0 Å². The van der Waals surface area contributed by atoms with Crippen molar-refractivity contribution in [2.24, 2.45) is 0 Å². The van der Waals surface area contributed by atoms with Gasteiger partial charge in [-0.05, 0) is 49.6 Å². The van der Waals surface area contributed by atoms with E-state index in [1.54, 1.807) is 19.2 Å². The maximum absolute atomic E-state index is 12.7. The summed E-state index contributed by atoms with van der Waals surface area (Å²) < 4.78 is 27.0. The van der Waals surface area contributed by atoms with Gasteiger partial charge in [0.15, 0.2) is 0 Å². The SMILES string of the molecule is CCNCc1cc(S(=O)(=O)N(C)C(CC)CC)ccc1C. The largest absolute Gasteiger partial charge is 0.313 e. The van der Waals surface area contributed by atoms with Crippen LogP contribution >= 0.6 is 0 Å². The number of nitrogens with zero attached hydrogens (tertiary/aromatic N) is 1. The molecule has 0 unspecified atom stereocenters. The molecule has 1 aromatic rings. The first-order chi connectivity index (χ1) is 9.88. The highest BCUT2D eigenvalue weighted by atomic mass is 32.2. The number of aryl methyl sites for hydroxylation is 1. The van der Waals surface area contributed by atoms with Crippen LogP contribution in [0.2, 0.25) is 0 Å². The molecule has 0 aliphatic heterocycles. The third kappa shape index (κ3) is 4.28. The van der Waals surface area contributed by atoms with Gasteiger partial charge in [-0.3, -0.25) is 0 Å². The zero-order valence-corrected chi connectivity index (χ0v) is 14.6. The molecule has 0 saturated carbocycles. The summed E-state index contributed by atoms with van der Waals surface area (Å²) in [6, 6.07) is 5.44. The topological polar surface area (TPSA) is 49.4 Å². The van der Waals surface area contributed by atoms with Gasteiger partial charge < -0.3 is 5.32 Å². The Labute approximate surface area is 129 Å². The first kappa shape index (κ1) is 18.1. The molecule has 0 aliphatic rings. The molecule has 21 heavy (non-hydrogen) atoms. The van der Waals surface area contributed by atoms with Crippen LogP contribution < -0.4 is 5.32 Å². The van der Waals surface area contributed by atoms with Crippen LogP contribution in [0, 0.1) is 6.92 Å². The van der Waals surface area contributed by atoms with Crippen molar-refractivity contribution in [3.05, 3.63) is 29.3 Å². The van der Waals surface area contributed by atoms with Gasteiger partial charge in [-0.2, -0.15) is 4.31 Å². The lowest BCUT2D eigenvalue weighted by Crippen LogP contribution is -2.36. The average Bonchev–Trinajstić information content (AvgIpc) is 2.47. The summed E-state index contributed by atoms with van der Waals surface area (Å²) in [4.78, 5) is 0.385. The van der Waals surface area contributed by atoms with Crippen molar-refractivity contribution in [2.75, 3.05) is 13.6 Å². The van der Waals surface area contributed by atoms with Crippen LogP contribution in [0.5, 0.6) is 0 Å². The minimum absolute atomic E-state index is 0.0496. The first-order valence-electron chi connectivity index (χ1n) is 7.66. The van der Waals surface area contributed by atoms with Crippen LogP contribution in [0.15, 0.2) is 23.1 Å². The molecule has 0 atom stereocenters. The highest BCUT2D eigenvalue weighted by Gasteiger charge is 2.26. The second-order valence-corrected chi connectivity index (χ2v) is 7.36. The van der Waals surface area contributed by atoms with Crippen molar-refractivity contribution < 1.29 is 8.42 Å². The molecular formula is C16H28N2O2S. The Hall–Kier alpha value is -0.910. The lowest BCUT2D eigenvalue weighted by Gasteiger charge is -2.26. The van der Waals surface area contributed by atoms with Crippen molar-refractivity contribution in [2.45, 2.75) is 58.0 Å². The van der Waals surface area contributed by atoms with Gasteiger partial charge in [0.2, 0.25) is 10.0 Å². The smallest absolute Gasteiger partial charge is 0.243 e. The van der Waals surface area contributed by atoms with Gasteiger partial charge in [0.05, 0.1) is 4.90 Å². The van der Waals surface area contributed by atoms with Crippen molar-refractivity contribution in [1.29, 1.82) is 0 Å². The minimum Gasteiger partial charge on any atom is -0.313 e. The first-order valence-corrected chi connectivity index (χ1v) is 9.10. The third-order valence-electron chi connectivity index (χ3n) is 4.02. The van der Waals surface area contributed by atoms with E-state index in [2.05, 4.69) is 5.32 Å². The molecule has 5 heteroatoms. The molecule has 1 aromatic carbocycles. The molecule has 0 heterocycles. The van der Waals surface area contributed by atoms with E-state index in [1.807, 2.05) is 33.8 Å². The Kier molecular flexibility index (Phi) is 6.84. The molecule has 0 fully saturated rings. The van der Waals surface area contributed by atoms with Crippen LogP contribution in [0.25, 0.3) is 0 Å². The molecule has 0 saturated heterocycles. The molecule has 0 spiro atoms. The van der Waals surface area contributed by atoms with E-state index in [-0.39, 0.29) is 6.04 Å². The van der Waals surface area contributed by atoms with Gasteiger partial charge in [0.25, 0.3) is 0 Å². The summed E-state index contributed by atoms with van der Waals surface area (Å²) in [5.41, 5.74) is 2.15. The maximum atomic E-state index is 12.7. The number of nitrogens with one attached hydrogen (secondary N) is 1. The van der Waals surface area contributed by atoms with Crippen LogP contribution in [-0.4, -0.2) is 32.4 Å². The Bertz CT molecular complexity index is 551. The van der Waals surface area contributed by atoms with E-state index in [4.69, 9.17) is 0 Å². The quantitative estimate of drug-likeness (QED) is 0.803. The number of sulfonamides is 1. The maximum Gasteiger partial charge on any atom is 0.243 e. The highest BCUT2D eigenvalue weighted by molar-refractivity contribution is 7.89. The summed E-state index contributed by atoms with van der Waals surface area (Å²) in [6.45, 7) is 9.65. The Morgan fingerprint density at radius 2 is 1.81 bits per heavy atom. The van der Waals surface area contributed by atoms with Gasteiger partial charge in [0.1, 0.15) is 0 Å². The molecule has 0 aromatic heterocycles. The second kappa shape index (κ2) is 7.92. The number of rotatable bonds is 8. The van der Waals surface area contributed by atoms with E-state index < -0.39 is 10.0 Å². The Morgan fingerprint density at radius 1 is 1.19 bits per heavy atom. The predicted octanol–water partition coefficient (Wildman–Crippen LogP) is 2.91. The summed E-state index contributed by atoms with van der Waals surface area (Å²) >= 11 is 0. The fraction of sp³-hybridized carbons (Fsp3) is 0.625. The zero-order valence-electron chi connectivity index (χ0n) is 13.8. The Balaban J connectivity index is 3.13.